The number of guanidine groups is 1. The van der Waals surface area contributed by atoms with Crippen molar-refractivity contribution in [1.82, 2.24) is 20.1 Å². The Morgan fingerprint density at radius 3 is 2.58 bits per heavy atom. The molecule has 31 heavy (non-hydrogen) atoms. The minimum atomic E-state index is 0. The molecule has 0 radical (unpaired) electrons. The Morgan fingerprint density at radius 1 is 1.26 bits per heavy atom. The minimum Gasteiger partial charge on any atom is -0.492 e. The summed E-state index contributed by atoms with van der Waals surface area (Å²) >= 11 is 1.74. The van der Waals surface area contributed by atoms with E-state index in [2.05, 4.69) is 63.5 Å². The maximum Gasteiger partial charge on any atom is 0.193 e. The predicted molar refractivity (Wildman–Crippen MR) is 141 cm³/mol. The topological polar surface area (TPSA) is 53.0 Å². The number of aliphatic imine (C=N–C) groups is 1. The van der Waals surface area contributed by atoms with Crippen LogP contribution in [-0.2, 0) is 6.54 Å². The van der Waals surface area contributed by atoms with Crippen LogP contribution in [0.5, 0.6) is 5.75 Å². The van der Waals surface area contributed by atoms with Gasteiger partial charge < -0.3 is 15.0 Å². The molecule has 0 unspecified atom stereocenters. The van der Waals surface area contributed by atoms with Crippen LogP contribution in [-0.4, -0.2) is 67.6 Å². The van der Waals surface area contributed by atoms with Crippen molar-refractivity contribution in [3.05, 3.63) is 45.9 Å². The average Bonchev–Trinajstić information content (AvgIpc) is 3.15. The molecule has 0 bridgehead atoms. The van der Waals surface area contributed by atoms with Crippen LogP contribution in [0, 0.1) is 19.8 Å². The Bertz CT molecular complexity index is 803. The van der Waals surface area contributed by atoms with Crippen molar-refractivity contribution in [2.24, 2.45) is 10.9 Å². The number of benzene rings is 1. The highest BCUT2D eigenvalue weighted by Crippen LogP contribution is 2.19. The van der Waals surface area contributed by atoms with Crippen molar-refractivity contribution in [3.63, 3.8) is 0 Å². The molecular formula is C23H36IN5OS. The maximum absolute atomic E-state index is 5.85. The number of aromatic nitrogens is 1. The Kier molecular flexibility index (Phi) is 11.0. The number of ether oxygens (including phenoxy) is 1. The van der Waals surface area contributed by atoms with Crippen LogP contribution in [0.3, 0.4) is 0 Å². The summed E-state index contributed by atoms with van der Waals surface area (Å²) in [7, 11) is 3.91. The first kappa shape index (κ1) is 25.9. The molecule has 0 saturated carbocycles. The molecule has 1 fully saturated rings. The van der Waals surface area contributed by atoms with Gasteiger partial charge in [-0.3, -0.25) is 9.89 Å². The molecule has 0 atom stereocenters. The van der Waals surface area contributed by atoms with E-state index in [-0.39, 0.29) is 24.0 Å². The van der Waals surface area contributed by atoms with Gasteiger partial charge in [0.2, 0.25) is 0 Å². The van der Waals surface area contributed by atoms with Gasteiger partial charge in [0.25, 0.3) is 0 Å². The monoisotopic (exact) mass is 557 g/mol. The van der Waals surface area contributed by atoms with Crippen LogP contribution in [0.4, 0.5) is 0 Å². The number of likely N-dealkylation sites (tertiary alicyclic amines) is 1. The second-order valence-electron chi connectivity index (χ2n) is 8.09. The summed E-state index contributed by atoms with van der Waals surface area (Å²) in [5.41, 5.74) is 2.46. The first-order valence-electron chi connectivity index (χ1n) is 10.8. The van der Waals surface area contributed by atoms with Gasteiger partial charge in [-0.1, -0.05) is 17.7 Å². The number of hydrogen-bond acceptors (Lipinski definition) is 5. The van der Waals surface area contributed by atoms with Crippen molar-refractivity contribution in [1.29, 1.82) is 0 Å². The van der Waals surface area contributed by atoms with Gasteiger partial charge in [0, 0.05) is 32.6 Å². The molecule has 1 aromatic carbocycles. The van der Waals surface area contributed by atoms with Crippen LogP contribution in [0.2, 0.25) is 0 Å². The Morgan fingerprint density at radius 2 is 1.97 bits per heavy atom. The molecule has 172 valence electrons. The summed E-state index contributed by atoms with van der Waals surface area (Å²) < 4.78 is 5.85. The number of piperidine rings is 1. The lowest BCUT2D eigenvalue weighted by molar-refractivity contribution is 0.176. The van der Waals surface area contributed by atoms with Gasteiger partial charge in [-0.15, -0.1) is 35.3 Å². The summed E-state index contributed by atoms with van der Waals surface area (Å²) in [5, 5.41) is 6.90. The van der Waals surface area contributed by atoms with Crippen molar-refractivity contribution in [2.75, 3.05) is 46.9 Å². The van der Waals surface area contributed by atoms with Gasteiger partial charge in [0.15, 0.2) is 5.96 Å². The normalized spacial score (nSPS) is 15.4. The van der Waals surface area contributed by atoms with Crippen molar-refractivity contribution in [3.8, 4) is 5.75 Å². The van der Waals surface area contributed by atoms with E-state index in [1.807, 2.05) is 19.2 Å². The zero-order chi connectivity index (χ0) is 21.3. The SMILES string of the molecule is CN=C(NCC1CCN(Cc2csc(C)n2)CC1)N(C)CCOc1ccc(C)cc1.I. The number of thiazole rings is 1. The second kappa shape index (κ2) is 13.2. The third-order valence-electron chi connectivity index (χ3n) is 5.60. The Balaban J connectivity index is 0.00000341. The number of hydrogen-bond donors (Lipinski definition) is 1. The van der Waals surface area contributed by atoms with Gasteiger partial charge in [-0.25, -0.2) is 4.98 Å². The molecular weight excluding hydrogens is 521 g/mol. The smallest absolute Gasteiger partial charge is 0.193 e. The van der Waals surface area contributed by atoms with E-state index in [0.29, 0.717) is 12.5 Å². The van der Waals surface area contributed by atoms with E-state index < -0.39 is 0 Å². The lowest BCUT2D eigenvalue weighted by Gasteiger charge is -2.32. The summed E-state index contributed by atoms with van der Waals surface area (Å²) in [6, 6.07) is 8.18. The molecule has 8 heteroatoms. The van der Waals surface area contributed by atoms with E-state index >= 15 is 0 Å². The highest BCUT2D eigenvalue weighted by molar-refractivity contribution is 14.0. The van der Waals surface area contributed by atoms with E-state index in [1.54, 1.807) is 11.3 Å². The van der Waals surface area contributed by atoms with Gasteiger partial charge in [-0.05, 0) is 57.8 Å². The fourth-order valence-corrected chi connectivity index (χ4v) is 4.32. The van der Waals surface area contributed by atoms with Crippen LogP contribution in [0.25, 0.3) is 0 Å². The average molecular weight is 558 g/mol. The molecule has 6 nitrogen and oxygen atoms in total. The zero-order valence-electron chi connectivity index (χ0n) is 19.1. The van der Waals surface area contributed by atoms with Gasteiger partial charge in [-0.2, -0.15) is 0 Å². The van der Waals surface area contributed by atoms with Crippen LogP contribution in [0.1, 0.15) is 29.1 Å². The lowest BCUT2D eigenvalue weighted by atomic mass is 9.97. The number of nitrogens with zero attached hydrogens (tertiary/aromatic N) is 4. The third kappa shape index (κ3) is 8.57. The fraction of sp³-hybridized carbons (Fsp3) is 0.565. The van der Waals surface area contributed by atoms with Crippen molar-refractivity contribution in [2.45, 2.75) is 33.2 Å². The highest BCUT2D eigenvalue weighted by Gasteiger charge is 2.20. The molecule has 2 aromatic rings. The molecule has 1 aliphatic rings. The largest absolute Gasteiger partial charge is 0.492 e. The van der Waals surface area contributed by atoms with E-state index in [9.17, 15) is 0 Å². The molecule has 1 saturated heterocycles. The predicted octanol–water partition coefficient (Wildman–Crippen LogP) is 4.18. The molecule has 0 amide bonds. The minimum absolute atomic E-state index is 0. The molecule has 2 heterocycles. The van der Waals surface area contributed by atoms with E-state index in [0.717, 1.165) is 49.4 Å². The molecule has 1 aliphatic heterocycles. The highest BCUT2D eigenvalue weighted by atomic mass is 127. The summed E-state index contributed by atoms with van der Waals surface area (Å²) in [5.74, 6) is 2.53. The van der Waals surface area contributed by atoms with Gasteiger partial charge in [0.05, 0.1) is 17.2 Å². The molecule has 3 rings (SSSR count). The summed E-state index contributed by atoms with van der Waals surface area (Å²) in [6.07, 6.45) is 2.43. The maximum atomic E-state index is 5.85. The number of rotatable bonds is 8. The second-order valence-corrected chi connectivity index (χ2v) is 9.15. The summed E-state index contributed by atoms with van der Waals surface area (Å²) in [4.78, 5) is 13.7. The molecule has 1 N–H and O–H groups in total. The zero-order valence-corrected chi connectivity index (χ0v) is 22.3. The summed E-state index contributed by atoms with van der Waals surface area (Å²) in [6.45, 7) is 9.82. The standard InChI is InChI=1S/C23H35N5OS.HI/c1-18-5-7-22(8-6-18)29-14-13-27(4)23(24-3)25-15-20-9-11-28(12-10-20)16-21-17-30-19(2)26-21;/h5-8,17,20H,9-16H2,1-4H3,(H,24,25);1H. The Hall–Kier alpha value is -1.39. The number of halogens is 1. The fourth-order valence-electron chi connectivity index (χ4n) is 3.72. The number of likely N-dealkylation sites (N-methyl/N-ethyl adjacent to an activating group) is 1. The Labute approximate surface area is 208 Å². The van der Waals surface area contributed by atoms with Crippen LogP contribution >= 0.6 is 35.3 Å². The van der Waals surface area contributed by atoms with Gasteiger partial charge in [0.1, 0.15) is 12.4 Å². The molecule has 1 aromatic heterocycles. The van der Waals surface area contributed by atoms with Crippen molar-refractivity contribution >= 4 is 41.3 Å². The van der Waals surface area contributed by atoms with Crippen LogP contribution < -0.4 is 10.1 Å². The van der Waals surface area contributed by atoms with Crippen LogP contribution in [0.15, 0.2) is 34.6 Å². The van der Waals surface area contributed by atoms with E-state index in [1.165, 1.54) is 24.1 Å². The lowest BCUT2D eigenvalue weighted by Crippen LogP contribution is -2.44. The molecule has 0 spiro atoms. The number of nitrogens with one attached hydrogen (secondary N) is 1. The first-order chi connectivity index (χ1) is 14.5. The molecule has 0 aliphatic carbocycles. The first-order valence-corrected chi connectivity index (χ1v) is 11.7. The quantitative estimate of drug-likeness (QED) is 0.300. The third-order valence-corrected chi connectivity index (χ3v) is 6.42. The number of aryl methyl sites for hydroxylation is 2. The van der Waals surface area contributed by atoms with Crippen molar-refractivity contribution < 1.29 is 4.74 Å². The van der Waals surface area contributed by atoms with Gasteiger partial charge >= 0.3 is 0 Å². The van der Waals surface area contributed by atoms with E-state index in [4.69, 9.17) is 4.74 Å².